The minimum Gasteiger partial charge on any atom is -0.463 e. The molecule has 108 valence electrons. The van der Waals surface area contributed by atoms with Crippen LogP contribution in [0.3, 0.4) is 0 Å². The zero-order valence-electron chi connectivity index (χ0n) is 11.0. The highest BCUT2D eigenvalue weighted by Gasteiger charge is 2.64. The molecular formula is C13H11N3O5. The van der Waals surface area contributed by atoms with E-state index in [1.54, 1.807) is 18.2 Å². The molecule has 8 heteroatoms. The SMILES string of the molecule is [C-]#[N+]C(C(=O)OC)C1(C[N+](=O)[O-])C(=O)Nc2ccccc21. The van der Waals surface area contributed by atoms with Gasteiger partial charge in [-0.15, -0.1) is 0 Å². The Balaban J connectivity index is 2.69. The number of ether oxygens (including phenoxy) is 1. The first-order valence-electron chi connectivity index (χ1n) is 5.94. The fourth-order valence-electron chi connectivity index (χ4n) is 2.53. The predicted molar refractivity (Wildman–Crippen MR) is 71.0 cm³/mol. The average Bonchev–Trinajstić information content (AvgIpc) is 2.72. The van der Waals surface area contributed by atoms with E-state index in [2.05, 4.69) is 14.9 Å². The lowest BCUT2D eigenvalue weighted by Gasteiger charge is -2.22. The Morgan fingerprint density at radius 2 is 2.24 bits per heavy atom. The minimum absolute atomic E-state index is 0.262. The van der Waals surface area contributed by atoms with E-state index < -0.39 is 34.8 Å². The van der Waals surface area contributed by atoms with Crippen molar-refractivity contribution < 1.29 is 19.2 Å². The number of nitrogens with one attached hydrogen (secondary N) is 1. The number of nitrogens with zero attached hydrogens (tertiary/aromatic N) is 2. The lowest BCUT2D eigenvalue weighted by molar-refractivity contribution is -0.488. The number of anilines is 1. The second-order valence-corrected chi connectivity index (χ2v) is 4.52. The Morgan fingerprint density at radius 3 is 2.81 bits per heavy atom. The molecule has 0 radical (unpaired) electrons. The molecule has 2 unspecified atom stereocenters. The van der Waals surface area contributed by atoms with Crippen molar-refractivity contribution in [1.82, 2.24) is 0 Å². The first-order valence-corrected chi connectivity index (χ1v) is 5.94. The number of hydrogen-bond acceptors (Lipinski definition) is 5. The van der Waals surface area contributed by atoms with Gasteiger partial charge in [-0.2, -0.15) is 0 Å². The van der Waals surface area contributed by atoms with E-state index in [-0.39, 0.29) is 5.56 Å². The van der Waals surface area contributed by atoms with Crippen LogP contribution in [0.4, 0.5) is 5.69 Å². The van der Waals surface area contributed by atoms with Crippen molar-refractivity contribution in [1.29, 1.82) is 0 Å². The molecule has 1 aliphatic rings. The maximum atomic E-state index is 12.3. The number of hydrogen-bond donors (Lipinski definition) is 1. The molecule has 2 rings (SSSR count). The first-order chi connectivity index (χ1) is 9.97. The molecule has 21 heavy (non-hydrogen) atoms. The monoisotopic (exact) mass is 289 g/mol. The zero-order chi connectivity index (χ0) is 15.6. The van der Waals surface area contributed by atoms with E-state index in [1.165, 1.54) is 6.07 Å². The molecule has 8 nitrogen and oxygen atoms in total. The molecule has 0 saturated heterocycles. The van der Waals surface area contributed by atoms with Crippen LogP contribution < -0.4 is 5.32 Å². The van der Waals surface area contributed by atoms with Gasteiger partial charge in [0.05, 0.1) is 7.11 Å². The lowest BCUT2D eigenvalue weighted by Crippen LogP contribution is -2.52. The van der Waals surface area contributed by atoms with Gasteiger partial charge in [0, 0.05) is 16.2 Å². The number of amides is 1. The van der Waals surface area contributed by atoms with Gasteiger partial charge in [-0.3, -0.25) is 19.8 Å². The van der Waals surface area contributed by atoms with E-state index in [9.17, 15) is 19.7 Å². The maximum absolute atomic E-state index is 12.3. The Hall–Kier alpha value is -2.95. The third-order valence-electron chi connectivity index (χ3n) is 3.46. The van der Waals surface area contributed by atoms with E-state index in [1.807, 2.05) is 0 Å². The predicted octanol–water partition coefficient (Wildman–Crippen LogP) is 0.614. The van der Waals surface area contributed by atoms with Crippen LogP contribution >= 0.6 is 0 Å². The summed E-state index contributed by atoms with van der Waals surface area (Å²) in [6, 6.07) is 4.68. The number of methoxy groups -OCH3 is 1. The summed E-state index contributed by atoms with van der Waals surface area (Å²) in [5, 5.41) is 13.5. The average molecular weight is 289 g/mol. The molecular weight excluding hydrogens is 278 g/mol. The summed E-state index contributed by atoms with van der Waals surface area (Å²) in [4.78, 5) is 37.6. The number of fused-ring (bicyclic) bond motifs is 1. The van der Waals surface area contributed by atoms with Crippen molar-refractivity contribution in [3.63, 3.8) is 0 Å². The van der Waals surface area contributed by atoms with E-state index in [0.29, 0.717) is 5.69 Å². The van der Waals surface area contributed by atoms with Crippen molar-refractivity contribution >= 4 is 17.6 Å². The number of rotatable bonds is 4. The molecule has 0 bridgehead atoms. The summed E-state index contributed by atoms with van der Waals surface area (Å²) in [6.45, 7) is 6.32. The number of benzene rings is 1. The van der Waals surface area contributed by atoms with Gasteiger partial charge in [0.15, 0.2) is 0 Å². The highest BCUT2D eigenvalue weighted by molar-refractivity contribution is 6.10. The van der Waals surface area contributed by atoms with Gasteiger partial charge in [-0.05, 0) is 6.07 Å². The second kappa shape index (κ2) is 5.20. The maximum Gasteiger partial charge on any atom is 0.391 e. The summed E-state index contributed by atoms with van der Waals surface area (Å²) in [5.41, 5.74) is -1.26. The molecule has 1 aromatic rings. The molecule has 0 spiro atoms. The van der Waals surface area contributed by atoms with Crippen LogP contribution in [0.1, 0.15) is 5.56 Å². The molecule has 1 heterocycles. The summed E-state index contributed by atoms with van der Waals surface area (Å²) in [5.74, 6) is -1.72. The molecule has 1 N–H and O–H groups in total. The Labute approximate surface area is 119 Å². The van der Waals surface area contributed by atoms with Crippen molar-refractivity contribution in [2.45, 2.75) is 11.5 Å². The number of para-hydroxylation sites is 1. The largest absolute Gasteiger partial charge is 0.463 e. The number of carbonyl (C=O) groups excluding carboxylic acids is 2. The number of carbonyl (C=O) groups is 2. The van der Waals surface area contributed by atoms with Gasteiger partial charge in [-0.25, -0.2) is 11.4 Å². The van der Waals surface area contributed by atoms with Crippen LogP contribution in [0.5, 0.6) is 0 Å². The van der Waals surface area contributed by atoms with Gasteiger partial charge in [0.2, 0.25) is 12.0 Å². The van der Waals surface area contributed by atoms with Gasteiger partial charge >= 0.3 is 12.0 Å². The van der Waals surface area contributed by atoms with Crippen LogP contribution in [0.15, 0.2) is 24.3 Å². The third-order valence-corrected chi connectivity index (χ3v) is 3.46. The van der Waals surface area contributed by atoms with Crippen LogP contribution in [0.25, 0.3) is 4.85 Å². The summed E-state index contributed by atoms with van der Waals surface area (Å²) in [7, 11) is 1.07. The molecule has 1 aliphatic heterocycles. The molecule has 1 aromatic carbocycles. The second-order valence-electron chi connectivity index (χ2n) is 4.52. The van der Waals surface area contributed by atoms with E-state index >= 15 is 0 Å². The van der Waals surface area contributed by atoms with Gasteiger partial charge < -0.3 is 10.1 Å². The molecule has 2 atom stereocenters. The normalized spacial score (nSPS) is 20.9. The van der Waals surface area contributed by atoms with Crippen LogP contribution in [0, 0.1) is 16.7 Å². The fraction of sp³-hybridized carbons (Fsp3) is 0.308. The highest BCUT2D eigenvalue weighted by atomic mass is 16.6. The van der Waals surface area contributed by atoms with Gasteiger partial charge in [-0.1, -0.05) is 18.2 Å². The van der Waals surface area contributed by atoms with Crippen molar-refractivity contribution in [2.75, 3.05) is 19.0 Å². The molecule has 0 aliphatic carbocycles. The van der Waals surface area contributed by atoms with Gasteiger partial charge in [0.25, 0.3) is 5.91 Å². The van der Waals surface area contributed by atoms with Crippen molar-refractivity contribution in [3.8, 4) is 0 Å². The molecule has 0 aromatic heterocycles. The number of esters is 1. The highest BCUT2D eigenvalue weighted by Crippen LogP contribution is 2.42. The molecule has 0 fully saturated rings. The summed E-state index contributed by atoms with van der Waals surface area (Å²) >= 11 is 0. The standard InChI is InChI=1S/C13H11N3O5/c1-14-10(11(17)21-2)13(7-16(19)20)8-5-3-4-6-9(8)15-12(13)18/h3-6,10H,7H2,2H3,(H,15,18). The smallest absolute Gasteiger partial charge is 0.391 e. The topological polar surface area (TPSA) is 103 Å². The lowest BCUT2D eigenvalue weighted by atomic mass is 9.75. The van der Waals surface area contributed by atoms with Crippen LogP contribution in [0.2, 0.25) is 0 Å². The Kier molecular flexibility index (Phi) is 3.58. The Morgan fingerprint density at radius 1 is 1.57 bits per heavy atom. The minimum atomic E-state index is -1.88. The Bertz CT molecular complexity index is 666. The van der Waals surface area contributed by atoms with Crippen LogP contribution in [-0.4, -0.2) is 36.5 Å². The van der Waals surface area contributed by atoms with E-state index in [0.717, 1.165) is 7.11 Å². The molecule has 0 saturated carbocycles. The molecule has 1 amide bonds. The first kappa shape index (κ1) is 14.5. The summed E-state index contributed by atoms with van der Waals surface area (Å²) < 4.78 is 4.53. The summed E-state index contributed by atoms with van der Waals surface area (Å²) in [6.07, 6.45) is 0. The quantitative estimate of drug-likeness (QED) is 0.378. The van der Waals surface area contributed by atoms with Gasteiger partial charge in [0.1, 0.15) is 0 Å². The van der Waals surface area contributed by atoms with E-state index in [4.69, 9.17) is 6.57 Å². The fourth-order valence-corrected chi connectivity index (χ4v) is 2.53. The van der Waals surface area contributed by atoms with Crippen molar-refractivity contribution in [2.24, 2.45) is 0 Å². The third kappa shape index (κ3) is 2.08. The van der Waals surface area contributed by atoms with Crippen LogP contribution in [-0.2, 0) is 19.7 Å². The van der Waals surface area contributed by atoms with Crippen molar-refractivity contribution in [3.05, 3.63) is 51.4 Å². The zero-order valence-corrected chi connectivity index (χ0v) is 11.0. The number of nitro groups is 1.